The van der Waals surface area contributed by atoms with Crippen molar-refractivity contribution in [2.75, 3.05) is 47.5 Å². The maximum absolute atomic E-state index is 12.8. The van der Waals surface area contributed by atoms with Crippen LogP contribution in [0.15, 0.2) is 24.3 Å². The van der Waals surface area contributed by atoms with Crippen molar-refractivity contribution >= 4 is 17.9 Å². The summed E-state index contributed by atoms with van der Waals surface area (Å²) in [5, 5.41) is 11.8. The van der Waals surface area contributed by atoms with Crippen LogP contribution in [0, 0.1) is 0 Å². The molecule has 0 rings (SSSR count). The summed E-state index contributed by atoms with van der Waals surface area (Å²) in [6.07, 6.45) is 68.7. The predicted molar refractivity (Wildman–Crippen MR) is 320 cm³/mol. The van der Waals surface area contributed by atoms with E-state index in [9.17, 15) is 19.5 Å². The lowest BCUT2D eigenvalue weighted by atomic mass is 10.0. The minimum atomic E-state index is -1.62. The lowest BCUT2D eigenvalue weighted by molar-refractivity contribution is -0.870. The Bertz CT molecular complexity index is 1300. The molecule has 0 aromatic carbocycles. The molecular formula is C67H127NO8. The van der Waals surface area contributed by atoms with Gasteiger partial charge in [-0.2, -0.15) is 0 Å². The van der Waals surface area contributed by atoms with E-state index in [0.29, 0.717) is 23.9 Å². The largest absolute Gasteiger partial charge is 0.545 e. The predicted octanol–water partition coefficient (Wildman–Crippen LogP) is 18.5. The number of hydrogen-bond donors (Lipinski definition) is 0. The number of rotatable bonds is 62. The number of allylic oxidation sites excluding steroid dienone is 4. The van der Waals surface area contributed by atoms with E-state index < -0.39 is 24.3 Å². The lowest BCUT2D eigenvalue weighted by Gasteiger charge is -2.26. The highest BCUT2D eigenvalue weighted by Crippen LogP contribution is 2.19. The van der Waals surface area contributed by atoms with E-state index >= 15 is 0 Å². The molecule has 0 fully saturated rings. The first-order valence-electron chi connectivity index (χ1n) is 33.0. The Hall–Kier alpha value is -2.23. The van der Waals surface area contributed by atoms with Crippen LogP contribution >= 0.6 is 0 Å². The number of carboxylic acids is 1. The number of esters is 2. The van der Waals surface area contributed by atoms with E-state index in [0.717, 1.165) is 64.2 Å². The molecule has 0 aromatic rings. The monoisotopic (exact) mass is 1070 g/mol. The van der Waals surface area contributed by atoms with Crippen LogP contribution in [0.1, 0.15) is 328 Å². The summed E-state index contributed by atoms with van der Waals surface area (Å²) in [4.78, 5) is 37.2. The number of quaternary nitrogens is 1. The molecule has 0 saturated heterocycles. The van der Waals surface area contributed by atoms with Crippen molar-refractivity contribution in [2.45, 2.75) is 341 Å². The minimum absolute atomic E-state index is 0.147. The molecule has 9 nitrogen and oxygen atoms in total. The molecule has 0 bridgehead atoms. The molecule has 2 unspecified atom stereocenters. The molecule has 0 spiro atoms. The number of carbonyl (C=O) groups is 3. The van der Waals surface area contributed by atoms with E-state index in [2.05, 4.69) is 38.2 Å². The number of hydrogen-bond acceptors (Lipinski definition) is 8. The first-order chi connectivity index (χ1) is 37.1. The average Bonchev–Trinajstić information content (AvgIpc) is 3.39. The Morgan fingerprint density at radius 1 is 0.395 bits per heavy atom. The van der Waals surface area contributed by atoms with Gasteiger partial charge >= 0.3 is 11.9 Å². The van der Waals surface area contributed by atoms with Gasteiger partial charge in [-0.1, -0.05) is 301 Å². The van der Waals surface area contributed by atoms with Gasteiger partial charge in [0, 0.05) is 12.8 Å². The van der Waals surface area contributed by atoms with Gasteiger partial charge in [-0.3, -0.25) is 9.59 Å². The van der Waals surface area contributed by atoms with Crippen molar-refractivity contribution < 1.29 is 42.9 Å². The highest BCUT2D eigenvalue weighted by molar-refractivity contribution is 5.70. The number of carboxylic acid groups (broad SMARTS) is 1. The van der Waals surface area contributed by atoms with Gasteiger partial charge in [-0.25, -0.2) is 0 Å². The molecule has 448 valence electrons. The number of carbonyl (C=O) groups excluding carboxylic acids is 3. The SMILES string of the molecule is CCC/C=C\C/C=C\CCCCCCCC(=O)OC(COC(=O)CCCCCCCCCCCCCCCCCCCCCCCCCCCCCCCCCCCCCCCC)COC(OCC[N+](C)(C)C)C(=O)[O-]. The zero-order valence-corrected chi connectivity index (χ0v) is 51.2. The van der Waals surface area contributed by atoms with Gasteiger partial charge in [0.2, 0.25) is 0 Å². The molecule has 2 atom stereocenters. The van der Waals surface area contributed by atoms with E-state index in [4.69, 9.17) is 18.9 Å². The van der Waals surface area contributed by atoms with Crippen molar-refractivity contribution in [1.29, 1.82) is 0 Å². The maximum Gasteiger partial charge on any atom is 0.306 e. The van der Waals surface area contributed by atoms with Crippen LogP contribution in [-0.4, -0.2) is 82.3 Å². The third-order valence-corrected chi connectivity index (χ3v) is 14.9. The van der Waals surface area contributed by atoms with Gasteiger partial charge in [0.25, 0.3) is 0 Å². The van der Waals surface area contributed by atoms with E-state index in [1.807, 2.05) is 21.1 Å². The van der Waals surface area contributed by atoms with E-state index in [-0.39, 0.29) is 32.2 Å². The highest BCUT2D eigenvalue weighted by Gasteiger charge is 2.22. The molecule has 0 saturated carbocycles. The zero-order valence-electron chi connectivity index (χ0n) is 51.2. The Kier molecular flexibility index (Phi) is 57.2. The third-order valence-electron chi connectivity index (χ3n) is 14.9. The fourth-order valence-corrected chi connectivity index (χ4v) is 9.87. The quantitative estimate of drug-likeness (QED) is 0.0195. The van der Waals surface area contributed by atoms with Crippen LogP contribution in [0.25, 0.3) is 0 Å². The molecule has 0 aliphatic heterocycles. The molecule has 0 aromatic heterocycles. The van der Waals surface area contributed by atoms with Crippen molar-refractivity contribution in [3.05, 3.63) is 24.3 Å². The number of ether oxygens (including phenoxy) is 4. The molecule has 76 heavy (non-hydrogen) atoms. The number of aliphatic carboxylic acids is 1. The fraction of sp³-hybridized carbons (Fsp3) is 0.896. The summed E-state index contributed by atoms with van der Waals surface area (Å²) in [6, 6.07) is 0. The normalized spacial score (nSPS) is 12.8. The van der Waals surface area contributed by atoms with E-state index in [1.54, 1.807) is 0 Å². The second-order valence-corrected chi connectivity index (χ2v) is 23.8. The Morgan fingerprint density at radius 3 is 1.09 bits per heavy atom. The summed E-state index contributed by atoms with van der Waals surface area (Å²) >= 11 is 0. The van der Waals surface area contributed by atoms with Crippen molar-refractivity contribution in [1.82, 2.24) is 0 Å². The zero-order chi connectivity index (χ0) is 55.5. The summed E-state index contributed by atoms with van der Waals surface area (Å²) in [7, 11) is 5.92. The third kappa shape index (κ3) is 59.4. The summed E-state index contributed by atoms with van der Waals surface area (Å²) in [5.41, 5.74) is 0. The van der Waals surface area contributed by atoms with Crippen LogP contribution in [0.4, 0.5) is 0 Å². The molecule has 0 amide bonds. The maximum atomic E-state index is 12.8. The molecule has 0 aliphatic rings. The first-order valence-corrected chi connectivity index (χ1v) is 33.0. The minimum Gasteiger partial charge on any atom is -0.545 e. The van der Waals surface area contributed by atoms with Crippen molar-refractivity contribution in [2.24, 2.45) is 0 Å². The molecule has 0 heterocycles. The Morgan fingerprint density at radius 2 is 0.737 bits per heavy atom. The second kappa shape index (κ2) is 58.9. The summed E-state index contributed by atoms with van der Waals surface area (Å²) < 4.78 is 22.7. The molecule has 9 heteroatoms. The topological polar surface area (TPSA) is 111 Å². The Labute approximate surface area is 471 Å². The molecule has 0 aliphatic carbocycles. The van der Waals surface area contributed by atoms with Crippen LogP contribution in [0.2, 0.25) is 0 Å². The van der Waals surface area contributed by atoms with Crippen molar-refractivity contribution in [3.8, 4) is 0 Å². The van der Waals surface area contributed by atoms with Crippen LogP contribution in [0.3, 0.4) is 0 Å². The van der Waals surface area contributed by atoms with Gasteiger partial charge in [0.15, 0.2) is 12.4 Å². The Balaban J connectivity index is 3.88. The van der Waals surface area contributed by atoms with Crippen LogP contribution < -0.4 is 5.11 Å². The number of nitrogens with zero attached hydrogens (tertiary/aromatic N) is 1. The van der Waals surface area contributed by atoms with Gasteiger partial charge in [-0.15, -0.1) is 0 Å². The van der Waals surface area contributed by atoms with E-state index in [1.165, 1.54) is 231 Å². The van der Waals surface area contributed by atoms with Crippen LogP contribution in [-0.2, 0) is 33.3 Å². The molecule has 0 radical (unpaired) electrons. The number of unbranched alkanes of at least 4 members (excludes halogenated alkanes) is 43. The smallest absolute Gasteiger partial charge is 0.306 e. The van der Waals surface area contributed by atoms with Gasteiger partial charge in [0.05, 0.1) is 40.3 Å². The summed E-state index contributed by atoms with van der Waals surface area (Å²) in [6.45, 7) is 4.71. The van der Waals surface area contributed by atoms with Gasteiger partial charge in [-0.05, 0) is 38.5 Å². The summed E-state index contributed by atoms with van der Waals surface area (Å²) in [5.74, 6) is -2.28. The number of likely N-dealkylation sites (N-methyl/N-ethyl adjacent to an activating group) is 1. The first kappa shape index (κ1) is 73.8. The standard InChI is InChI=1S/C67H127NO8/c1-6-8-10-12-14-16-18-20-21-22-23-24-25-26-27-28-29-30-31-32-33-34-35-36-37-38-39-40-41-42-43-44-46-47-49-51-53-55-57-64(69)74-61-63(62-75-67(66(71)72)73-60-59-68(3,4)5)76-65(70)58-56-54-52-50-48-45-19-17-15-13-11-9-7-2/h11,13,17,19,63,67H,6-10,12,14-16,18,20-62H2,1-5H3/b13-11-,19-17-. The fourth-order valence-electron chi connectivity index (χ4n) is 9.87. The van der Waals surface area contributed by atoms with Gasteiger partial charge in [0.1, 0.15) is 13.2 Å². The van der Waals surface area contributed by atoms with Gasteiger partial charge < -0.3 is 33.3 Å². The van der Waals surface area contributed by atoms with Crippen molar-refractivity contribution in [3.63, 3.8) is 0 Å². The average molecular weight is 1070 g/mol. The lowest BCUT2D eigenvalue weighted by Crippen LogP contribution is -2.44. The molecular weight excluding hydrogens is 947 g/mol. The molecule has 0 N–H and O–H groups in total. The van der Waals surface area contributed by atoms with Crippen LogP contribution in [0.5, 0.6) is 0 Å². The highest BCUT2D eigenvalue weighted by atomic mass is 16.7. The second-order valence-electron chi connectivity index (χ2n) is 23.8.